The van der Waals surface area contributed by atoms with Gasteiger partial charge in [-0.25, -0.2) is 0 Å². The van der Waals surface area contributed by atoms with Gasteiger partial charge in [0.2, 0.25) is 0 Å². The Morgan fingerprint density at radius 3 is 1.70 bits per heavy atom. The largest absolute Gasteiger partial charge is 0.462 e. The first-order chi connectivity index (χ1) is 25.8. The van der Waals surface area contributed by atoms with E-state index in [2.05, 4.69) is 50.3 Å². The second-order valence-corrected chi connectivity index (χ2v) is 14.4. The fraction of sp³-hybridized carbons (Fsp3) is 0.814. The molecule has 0 saturated carbocycles. The van der Waals surface area contributed by atoms with Gasteiger partial charge in [0.05, 0.1) is 13.2 Å². The molecule has 2 unspecified atom stereocenters. The smallest absolute Gasteiger partial charge is 0.306 e. The number of hydrogen-bond acceptors (Lipinski definition) is 10. The molecule has 1 aliphatic rings. The van der Waals surface area contributed by atoms with Crippen molar-refractivity contribution in [2.75, 3.05) is 19.8 Å². The number of rotatable bonds is 34. The number of aliphatic hydroxyl groups is 4. The molecule has 1 heterocycles. The number of carbonyl (C=O) groups excluding carboxylic acids is 2. The monoisotopic (exact) mass is 753 g/mol. The number of unbranched alkanes of at least 4 members (excludes halogenated alkanes) is 17. The molecular formula is C43H76O10. The maximum atomic E-state index is 12.7. The molecule has 0 radical (unpaired) electrons. The van der Waals surface area contributed by atoms with E-state index in [0.29, 0.717) is 12.8 Å². The summed E-state index contributed by atoms with van der Waals surface area (Å²) in [6.07, 6.45) is 30.2. The first-order valence-corrected chi connectivity index (χ1v) is 21.1. The van der Waals surface area contributed by atoms with Crippen molar-refractivity contribution >= 4 is 11.9 Å². The molecule has 1 saturated heterocycles. The minimum Gasteiger partial charge on any atom is -0.462 e. The molecule has 0 aromatic rings. The molecule has 10 heteroatoms. The van der Waals surface area contributed by atoms with Crippen LogP contribution < -0.4 is 0 Å². The predicted molar refractivity (Wildman–Crippen MR) is 210 cm³/mol. The summed E-state index contributed by atoms with van der Waals surface area (Å²) in [6.45, 7) is 3.32. The molecule has 0 aromatic carbocycles. The van der Waals surface area contributed by atoms with Gasteiger partial charge in [-0.1, -0.05) is 134 Å². The van der Waals surface area contributed by atoms with Gasteiger partial charge in [0.15, 0.2) is 12.4 Å². The highest BCUT2D eigenvalue weighted by molar-refractivity contribution is 5.70. The van der Waals surface area contributed by atoms with Gasteiger partial charge in [-0.15, -0.1) is 0 Å². The summed E-state index contributed by atoms with van der Waals surface area (Å²) in [7, 11) is 0. The average Bonchev–Trinajstić information content (AvgIpc) is 3.15. The maximum absolute atomic E-state index is 12.7. The van der Waals surface area contributed by atoms with Crippen LogP contribution in [0, 0.1) is 0 Å². The Labute approximate surface area is 321 Å². The van der Waals surface area contributed by atoms with Crippen LogP contribution >= 0.6 is 0 Å². The Morgan fingerprint density at radius 1 is 0.585 bits per heavy atom. The van der Waals surface area contributed by atoms with Gasteiger partial charge in [0.25, 0.3) is 0 Å². The van der Waals surface area contributed by atoms with E-state index in [0.717, 1.165) is 57.8 Å². The standard InChI is InChI=1S/C43H76O10/c1-3-5-7-9-11-13-15-16-17-18-19-20-22-24-26-28-30-32-39(46)52-36(35-51-43-42(49)41(48)40(47)37(33-44)53-43)34-50-38(45)31-29-27-25-23-21-14-12-10-8-6-4-2/h10,12,19-20,24,26,36-37,40-44,47-49H,3-9,11,13-18,21-23,25,27-35H2,1-2H3/b12-10+,20-19+,26-24+/t36-,37-,40+,41?,42?,43-/m1/s1. The third-order valence-corrected chi connectivity index (χ3v) is 9.50. The first kappa shape index (κ1) is 48.9. The second kappa shape index (κ2) is 34.4. The van der Waals surface area contributed by atoms with E-state index in [1.807, 2.05) is 0 Å². The molecular weight excluding hydrogens is 676 g/mol. The highest BCUT2D eigenvalue weighted by atomic mass is 16.7. The summed E-state index contributed by atoms with van der Waals surface area (Å²) < 4.78 is 22.0. The van der Waals surface area contributed by atoms with Gasteiger partial charge in [-0.3, -0.25) is 9.59 Å². The van der Waals surface area contributed by atoms with Crippen LogP contribution in [0.4, 0.5) is 0 Å². The SMILES string of the molecule is CCCC/C=C/CCCCCCCC(=O)OC[C@H](CO[C@@H]1O[C@H](CO)[C@H](O)C(O)C1O)OC(=O)CCC/C=C/C/C=C/CCCCCCCCCCC. The summed E-state index contributed by atoms with van der Waals surface area (Å²) >= 11 is 0. The van der Waals surface area contributed by atoms with Crippen LogP contribution in [0.5, 0.6) is 0 Å². The number of aliphatic hydroxyl groups excluding tert-OH is 4. The minimum absolute atomic E-state index is 0.164. The lowest BCUT2D eigenvalue weighted by molar-refractivity contribution is -0.305. The van der Waals surface area contributed by atoms with Crippen LogP contribution in [-0.2, 0) is 28.5 Å². The number of allylic oxidation sites excluding steroid dienone is 6. The van der Waals surface area contributed by atoms with Crippen molar-refractivity contribution in [3.05, 3.63) is 36.5 Å². The second-order valence-electron chi connectivity index (χ2n) is 14.4. The van der Waals surface area contributed by atoms with Gasteiger partial charge in [-0.05, 0) is 57.8 Å². The summed E-state index contributed by atoms with van der Waals surface area (Å²) in [5, 5.41) is 40.0. The number of ether oxygens (including phenoxy) is 4. The molecule has 1 fully saturated rings. The molecule has 0 bridgehead atoms. The highest BCUT2D eigenvalue weighted by Gasteiger charge is 2.44. The first-order valence-electron chi connectivity index (χ1n) is 21.1. The van der Waals surface area contributed by atoms with E-state index >= 15 is 0 Å². The van der Waals surface area contributed by atoms with Crippen molar-refractivity contribution in [3.8, 4) is 0 Å². The lowest BCUT2D eigenvalue weighted by Gasteiger charge is -2.39. The van der Waals surface area contributed by atoms with E-state index in [4.69, 9.17) is 18.9 Å². The lowest BCUT2D eigenvalue weighted by Crippen LogP contribution is -2.59. The molecule has 10 nitrogen and oxygen atoms in total. The summed E-state index contributed by atoms with van der Waals surface area (Å²) in [5.74, 6) is -0.872. The minimum atomic E-state index is -1.60. The van der Waals surface area contributed by atoms with E-state index in [-0.39, 0.29) is 26.1 Å². The lowest BCUT2D eigenvalue weighted by atomic mass is 9.99. The topological polar surface area (TPSA) is 152 Å². The van der Waals surface area contributed by atoms with Crippen molar-refractivity contribution in [3.63, 3.8) is 0 Å². The Kier molecular flexibility index (Phi) is 31.8. The van der Waals surface area contributed by atoms with E-state index in [9.17, 15) is 30.0 Å². The number of esters is 2. The molecule has 0 spiro atoms. The Balaban J connectivity index is 2.39. The van der Waals surface area contributed by atoms with Crippen LogP contribution in [0.25, 0.3) is 0 Å². The van der Waals surface area contributed by atoms with Crippen molar-refractivity contribution < 1.29 is 49.0 Å². The Morgan fingerprint density at radius 2 is 1.09 bits per heavy atom. The molecule has 1 rings (SSSR count). The van der Waals surface area contributed by atoms with E-state index < -0.39 is 55.4 Å². The predicted octanol–water partition coefficient (Wildman–Crippen LogP) is 8.33. The normalized spacial score (nSPS) is 21.2. The van der Waals surface area contributed by atoms with Gasteiger partial charge < -0.3 is 39.4 Å². The van der Waals surface area contributed by atoms with Crippen molar-refractivity contribution in [2.45, 2.75) is 205 Å². The van der Waals surface area contributed by atoms with Crippen LogP contribution in [-0.4, -0.2) is 89.0 Å². The summed E-state index contributed by atoms with van der Waals surface area (Å²) in [4.78, 5) is 25.2. The van der Waals surface area contributed by atoms with E-state index in [1.54, 1.807) is 0 Å². The highest BCUT2D eigenvalue weighted by Crippen LogP contribution is 2.22. The van der Waals surface area contributed by atoms with Crippen LogP contribution in [0.1, 0.15) is 168 Å². The molecule has 308 valence electrons. The zero-order valence-corrected chi connectivity index (χ0v) is 33.3. The van der Waals surface area contributed by atoms with Gasteiger partial charge >= 0.3 is 11.9 Å². The third-order valence-electron chi connectivity index (χ3n) is 9.50. The zero-order valence-electron chi connectivity index (χ0n) is 33.3. The van der Waals surface area contributed by atoms with Crippen molar-refractivity contribution in [1.29, 1.82) is 0 Å². The summed E-state index contributed by atoms with van der Waals surface area (Å²) in [5.41, 5.74) is 0. The summed E-state index contributed by atoms with van der Waals surface area (Å²) in [6, 6.07) is 0. The van der Waals surface area contributed by atoms with Crippen molar-refractivity contribution in [1.82, 2.24) is 0 Å². The number of carbonyl (C=O) groups is 2. The zero-order chi connectivity index (χ0) is 38.8. The third kappa shape index (κ3) is 26.4. The fourth-order valence-electron chi connectivity index (χ4n) is 6.09. The molecule has 4 N–H and O–H groups in total. The molecule has 1 aliphatic heterocycles. The Bertz CT molecular complexity index is 965. The molecule has 0 amide bonds. The van der Waals surface area contributed by atoms with Gasteiger partial charge in [0.1, 0.15) is 31.0 Å². The fourth-order valence-corrected chi connectivity index (χ4v) is 6.09. The van der Waals surface area contributed by atoms with Crippen LogP contribution in [0.2, 0.25) is 0 Å². The van der Waals surface area contributed by atoms with Crippen LogP contribution in [0.3, 0.4) is 0 Å². The number of hydrogen-bond donors (Lipinski definition) is 4. The van der Waals surface area contributed by atoms with Crippen molar-refractivity contribution in [2.24, 2.45) is 0 Å². The average molecular weight is 753 g/mol. The van der Waals surface area contributed by atoms with Crippen LogP contribution in [0.15, 0.2) is 36.5 Å². The van der Waals surface area contributed by atoms with E-state index in [1.165, 1.54) is 70.6 Å². The molecule has 0 aromatic heterocycles. The molecule has 0 aliphatic carbocycles. The quantitative estimate of drug-likeness (QED) is 0.0287. The Hall–Kier alpha value is -2.08. The molecule has 6 atom stereocenters. The molecule has 53 heavy (non-hydrogen) atoms. The maximum Gasteiger partial charge on any atom is 0.306 e. The van der Waals surface area contributed by atoms with Gasteiger partial charge in [-0.2, -0.15) is 0 Å². The van der Waals surface area contributed by atoms with Gasteiger partial charge in [0, 0.05) is 12.8 Å².